The lowest BCUT2D eigenvalue weighted by molar-refractivity contribution is -0.274. The predicted molar refractivity (Wildman–Crippen MR) is 54.8 cm³/mol. The van der Waals surface area contributed by atoms with Gasteiger partial charge in [0.15, 0.2) is 5.78 Å². The Labute approximate surface area is 96.4 Å². The quantitative estimate of drug-likeness (QED) is 0.757. The van der Waals surface area contributed by atoms with Crippen molar-refractivity contribution in [3.05, 3.63) is 29.8 Å². The number of hydrogen-bond donors (Lipinski definition) is 0. The minimum Gasteiger partial charge on any atom is -0.406 e. The van der Waals surface area contributed by atoms with Gasteiger partial charge in [-0.15, -0.1) is 13.2 Å². The van der Waals surface area contributed by atoms with Crippen LogP contribution in [0.2, 0.25) is 0 Å². The van der Waals surface area contributed by atoms with Crippen LogP contribution in [0.25, 0.3) is 0 Å². The summed E-state index contributed by atoms with van der Waals surface area (Å²) in [4.78, 5) is 11.6. The van der Waals surface area contributed by atoms with Crippen LogP contribution in [0.4, 0.5) is 13.2 Å². The maximum Gasteiger partial charge on any atom is 0.573 e. The minimum absolute atomic E-state index is 0.0222. The van der Waals surface area contributed by atoms with E-state index in [2.05, 4.69) is 4.74 Å². The first kappa shape index (κ1) is 12.0. The van der Waals surface area contributed by atoms with Crippen molar-refractivity contribution in [2.45, 2.75) is 25.6 Å². The van der Waals surface area contributed by atoms with E-state index in [0.717, 1.165) is 25.0 Å². The molecule has 0 aromatic heterocycles. The van der Waals surface area contributed by atoms with E-state index in [-0.39, 0.29) is 11.5 Å². The standard InChI is InChI=1S/C12H11F3O2/c13-12(14,15)17-10-5-3-9(4-6-10)11(16)7-8-1-2-8/h3-6,8H,1-2,7H2. The molecular weight excluding hydrogens is 233 g/mol. The third-order valence-corrected chi connectivity index (χ3v) is 2.58. The molecule has 2 nitrogen and oxygen atoms in total. The summed E-state index contributed by atoms with van der Waals surface area (Å²) in [5.74, 6) is 0.139. The summed E-state index contributed by atoms with van der Waals surface area (Å²) in [5, 5.41) is 0. The van der Waals surface area contributed by atoms with Gasteiger partial charge in [-0.2, -0.15) is 0 Å². The molecular formula is C12H11F3O2. The van der Waals surface area contributed by atoms with E-state index in [1.54, 1.807) is 0 Å². The molecule has 1 aliphatic rings. The van der Waals surface area contributed by atoms with Gasteiger partial charge < -0.3 is 4.74 Å². The van der Waals surface area contributed by atoms with E-state index in [0.29, 0.717) is 17.9 Å². The van der Waals surface area contributed by atoms with Crippen LogP contribution in [0.15, 0.2) is 24.3 Å². The van der Waals surface area contributed by atoms with Gasteiger partial charge in [-0.05, 0) is 43.0 Å². The smallest absolute Gasteiger partial charge is 0.406 e. The van der Waals surface area contributed by atoms with E-state index in [9.17, 15) is 18.0 Å². The van der Waals surface area contributed by atoms with Crippen molar-refractivity contribution in [3.8, 4) is 5.75 Å². The monoisotopic (exact) mass is 244 g/mol. The summed E-state index contributed by atoms with van der Waals surface area (Å²) in [6, 6.07) is 5.05. The molecule has 1 aliphatic carbocycles. The van der Waals surface area contributed by atoms with Gasteiger partial charge in [0.2, 0.25) is 0 Å². The van der Waals surface area contributed by atoms with E-state index >= 15 is 0 Å². The summed E-state index contributed by atoms with van der Waals surface area (Å²) in [7, 11) is 0. The number of ether oxygens (including phenoxy) is 1. The molecule has 5 heteroatoms. The second-order valence-electron chi connectivity index (χ2n) is 4.14. The summed E-state index contributed by atoms with van der Waals surface area (Å²) in [5.41, 5.74) is 0.437. The topological polar surface area (TPSA) is 26.3 Å². The summed E-state index contributed by atoms with van der Waals surface area (Å²) < 4.78 is 39.4. The van der Waals surface area contributed by atoms with Crippen LogP contribution in [-0.2, 0) is 0 Å². The van der Waals surface area contributed by atoms with Gasteiger partial charge in [0.05, 0.1) is 0 Å². The molecule has 92 valence electrons. The zero-order chi connectivity index (χ0) is 12.5. The molecule has 0 atom stereocenters. The SMILES string of the molecule is O=C(CC1CC1)c1ccc(OC(F)(F)F)cc1. The molecule has 0 amide bonds. The van der Waals surface area contributed by atoms with Crippen molar-refractivity contribution < 1.29 is 22.7 Å². The molecule has 1 aromatic rings. The Balaban J connectivity index is 1.99. The van der Waals surface area contributed by atoms with Crippen LogP contribution in [0.1, 0.15) is 29.6 Å². The van der Waals surface area contributed by atoms with E-state index < -0.39 is 6.36 Å². The summed E-state index contributed by atoms with van der Waals surface area (Å²) in [6.45, 7) is 0. The number of carbonyl (C=O) groups excluding carboxylic acids is 1. The largest absolute Gasteiger partial charge is 0.573 e. The summed E-state index contributed by atoms with van der Waals surface area (Å²) in [6.07, 6.45) is -2.07. The zero-order valence-electron chi connectivity index (χ0n) is 8.96. The lowest BCUT2D eigenvalue weighted by Crippen LogP contribution is -2.17. The first-order chi connectivity index (χ1) is 7.94. The van der Waals surface area contributed by atoms with Gasteiger partial charge in [0.1, 0.15) is 5.75 Å². The first-order valence-corrected chi connectivity index (χ1v) is 5.33. The molecule has 0 radical (unpaired) electrons. The van der Waals surface area contributed by atoms with Crippen LogP contribution in [0.3, 0.4) is 0 Å². The molecule has 0 unspecified atom stereocenters. The number of rotatable bonds is 4. The molecule has 0 aliphatic heterocycles. The van der Waals surface area contributed by atoms with E-state index in [1.165, 1.54) is 12.1 Å². The van der Waals surface area contributed by atoms with E-state index in [1.807, 2.05) is 0 Å². The highest BCUT2D eigenvalue weighted by Gasteiger charge is 2.31. The average Bonchev–Trinajstić information content (AvgIpc) is 3.00. The minimum atomic E-state index is -4.69. The fourth-order valence-electron chi connectivity index (χ4n) is 1.54. The lowest BCUT2D eigenvalue weighted by atomic mass is 10.1. The highest BCUT2D eigenvalue weighted by Crippen LogP contribution is 2.33. The Hall–Kier alpha value is -1.52. The molecule has 0 N–H and O–H groups in total. The van der Waals surface area contributed by atoms with Gasteiger partial charge in [-0.3, -0.25) is 4.79 Å². The molecule has 17 heavy (non-hydrogen) atoms. The van der Waals surface area contributed by atoms with Crippen LogP contribution >= 0.6 is 0 Å². The Bertz CT molecular complexity index is 405. The van der Waals surface area contributed by atoms with Crippen LogP contribution in [0, 0.1) is 5.92 Å². The highest BCUT2D eigenvalue weighted by molar-refractivity contribution is 5.96. The molecule has 2 rings (SSSR count). The molecule has 0 saturated heterocycles. The number of Topliss-reactive ketones (excluding diaryl/α,β-unsaturated/α-hetero) is 1. The van der Waals surface area contributed by atoms with Crippen molar-refractivity contribution in [1.82, 2.24) is 0 Å². The Morgan fingerprint density at radius 2 is 1.82 bits per heavy atom. The van der Waals surface area contributed by atoms with Crippen molar-refractivity contribution in [3.63, 3.8) is 0 Å². The molecule has 1 saturated carbocycles. The number of hydrogen-bond acceptors (Lipinski definition) is 2. The second kappa shape index (κ2) is 4.39. The molecule has 0 heterocycles. The average molecular weight is 244 g/mol. The van der Waals surface area contributed by atoms with Crippen molar-refractivity contribution in [2.24, 2.45) is 5.92 Å². The van der Waals surface area contributed by atoms with Gasteiger partial charge in [0, 0.05) is 12.0 Å². The van der Waals surface area contributed by atoms with Crippen LogP contribution < -0.4 is 4.74 Å². The molecule has 0 bridgehead atoms. The maximum atomic E-state index is 11.9. The molecule has 0 spiro atoms. The van der Waals surface area contributed by atoms with Gasteiger partial charge >= 0.3 is 6.36 Å². The Kier molecular flexibility index (Phi) is 3.09. The Morgan fingerprint density at radius 3 is 2.29 bits per heavy atom. The maximum absolute atomic E-state index is 11.9. The normalized spacial score (nSPS) is 15.7. The van der Waals surface area contributed by atoms with E-state index in [4.69, 9.17) is 0 Å². The number of halogens is 3. The van der Waals surface area contributed by atoms with Crippen molar-refractivity contribution in [2.75, 3.05) is 0 Å². The Morgan fingerprint density at radius 1 is 1.24 bits per heavy atom. The highest BCUT2D eigenvalue weighted by atomic mass is 19.4. The number of benzene rings is 1. The van der Waals surface area contributed by atoms with Gasteiger partial charge in [-0.1, -0.05) is 0 Å². The predicted octanol–water partition coefficient (Wildman–Crippen LogP) is 3.57. The second-order valence-corrected chi connectivity index (χ2v) is 4.14. The first-order valence-electron chi connectivity index (χ1n) is 5.33. The third kappa shape index (κ3) is 3.76. The number of carbonyl (C=O) groups is 1. The van der Waals surface area contributed by atoms with Crippen LogP contribution in [-0.4, -0.2) is 12.1 Å². The number of ketones is 1. The lowest BCUT2D eigenvalue weighted by Gasteiger charge is -2.08. The van der Waals surface area contributed by atoms with Gasteiger partial charge in [-0.25, -0.2) is 0 Å². The molecule has 1 aromatic carbocycles. The summed E-state index contributed by atoms with van der Waals surface area (Å²) >= 11 is 0. The van der Waals surface area contributed by atoms with Crippen molar-refractivity contribution in [1.29, 1.82) is 0 Å². The van der Waals surface area contributed by atoms with Gasteiger partial charge in [0.25, 0.3) is 0 Å². The fraction of sp³-hybridized carbons (Fsp3) is 0.417. The zero-order valence-corrected chi connectivity index (χ0v) is 8.96. The van der Waals surface area contributed by atoms with Crippen molar-refractivity contribution >= 4 is 5.78 Å². The number of alkyl halides is 3. The third-order valence-electron chi connectivity index (χ3n) is 2.58. The van der Waals surface area contributed by atoms with Crippen LogP contribution in [0.5, 0.6) is 5.75 Å². The molecule has 1 fully saturated rings. The fourth-order valence-corrected chi connectivity index (χ4v) is 1.54.